The minimum atomic E-state index is -2.00. The number of rotatable bonds is 5. The number of benzene rings is 1. The van der Waals surface area contributed by atoms with Crippen molar-refractivity contribution in [3.63, 3.8) is 0 Å². The van der Waals surface area contributed by atoms with Crippen molar-refractivity contribution in [2.75, 3.05) is 0 Å². The molecule has 0 fully saturated rings. The van der Waals surface area contributed by atoms with E-state index in [0.29, 0.717) is 10.6 Å². The SMILES string of the molecule is OC(Cn1cncn1)(CC(Cl)(Cl)C(Cl)(Cl)Cl)c1ccc(Cl)cc1. The zero-order valence-electron chi connectivity index (χ0n) is 11.4. The highest BCUT2D eigenvalue weighted by atomic mass is 35.6. The van der Waals surface area contributed by atoms with Gasteiger partial charge in [-0.3, -0.25) is 0 Å². The van der Waals surface area contributed by atoms with Crippen molar-refractivity contribution in [3.05, 3.63) is 47.5 Å². The van der Waals surface area contributed by atoms with Gasteiger partial charge in [0.25, 0.3) is 0 Å². The summed E-state index contributed by atoms with van der Waals surface area (Å²) in [7, 11) is 0. The molecule has 10 heteroatoms. The van der Waals surface area contributed by atoms with Crippen molar-refractivity contribution in [1.82, 2.24) is 14.8 Å². The van der Waals surface area contributed by atoms with Gasteiger partial charge in [0.2, 0.25) is 3.79 Å². The van der Waals surface area contributed by atoms with E-state index in [1.807, 2.05) is 0 Å². The van der Waals surface area contributed by atoms with Gasteiger partial charge in [-0.1, -0.05) is 81.7 Å². The molecular formula is C13H11Cl6N3O. The number of alkyl halides is 5. The Kier molecular flexibility index (Phi) is 6.00. The fourth-order valence-corrected chi connectivity index (χ4v) is 2.83. The van der Waals surface area contributed by atoms with E-state index in [4.69, 9.17) is 69.6 Å². The van der Waals surface area contributed by atoms with Crippen LogP contribution in [0.4, 0.5) is 0 Å². The van der Waals surface area contributed by atoms with E-state index in [-0.39, 0.29) is 13.0 Å². The number of hydrogen-bond acceptors (Lipinski definition) is 3. The second kappa shape index (κ2) is 7.12. The van der Waals surface area contributed by atoms with Crippen LogP contribution in [0, 0.1) is 0 Å². The fourth-order valence-electron chi connectivity index (χ4n) is 2.06. The van der Waals surface area contributed by atoms with E-state index >= 15 is 0 Å². The molecule has 1 heterocycles. The van der Waals surface area contributed by atoms with E-state index in [1.165, 1.54) is 17.3 Å². The number of halogens is 6. The summed E-state index contributed by atoms with van der Waals surface area (Å²) >= 11 is 35.7. The van der Waals surface area contributed by atoms with Gasteiger partial charge in [-0.15, -0.1) is 0 Å². The molecule has 0 aliphatic heterocycles. The molecule has 126 valence electrons. The first-order valence-electron chi connectivity index (χ1n) is 6.29. The Balaban J connectivity index is 2.40. The normalized spacial score (nSPS) is 15.4. The molecule has 0 spiro atoms. The Hall–Kier alpha value is 0.0600. The maximum absolute atomic E-state index is 11.2. The third-order valence-corrected chi connectivity index (χ3v) is 5.84. The van der Waals surface area contributed by atoms with Crippen LogP contribution in [0.15, 0.2) is 36.9 Å². The van der Waals surface area contributed by atoms with Crippen LogP contribution in [0.2, 0.25) is 5.02 Å². The van der Waals surface area contributed by atoms with Crippen molar-refractivity contribution in [2.24, 2.45) is 0 Å². The summed E-state index contributed by atoms with van der Waals surface area (Å²) in [5.74, 6) is 0. The lowest BCUT2D eigenvalue weighted by molar-refractivity contribution is 0.00254. The standard InChI is InChI=1S/C13H11Cl6N3O/c14-10-3-1-9(2-4-10)11(23,6-22-8-20-7-21-22)5-12(15,16)13(17,18)19/h1-4,7-8,23H,5-6H2. The Bertz CT molecular complexity index is 641. The number of aliphatic hydroxyl groups is 1. The van der Waals surface area contributed by atoms with Crippen LogP contribution in [0.1, 0.15) is 12.0 Å². The van der Waals surface area contributed by atoms with Crippen molar-refractivity contribution >= 4 is 69.6 Å². The van der Waals surface area contributed by atoms with Gasteiger partial charge in [0.15, 0.2) is 4.33 Å². The maximum atomic E-state index is 11.2. The van der Waals surface area contributed by atoms with E-state index in [0.717, 1.165) is 0 Å². The molecule has 1 unspecified atom stereocenters. The Morgan fingerprint density at radius 1 is 1.04 bits per heavy atom. The average molecular weight is 438 g/mol. The van der Waals surface area contributed by atoms with E-state index < -0.39 is 13.7 Å². The van der Waals surface area contributed by atoms with Crippen molar-refractivity contribution in [3.8, 4) is 0 Å². The van der Waals surface area contributed by atoms with Crippen LogP contribution in [0.3, 0.4) is 0 Å². The molecule has 4 nitrogen and oxygen atoms in total. The minimum absolute atomic E-state index is 0.0105. The summed E-state index contributed by atoms with van der Waals surface area (Å²) in [6.45, 7) is 0.0105. The third-order valence-electron chi connectivity index (χ3n) is 3.20. The first-order valence-corrected chi connectivity index (χ1v) is 8.56. The molecule has 0 radical (unpaired) electrons. The van der Waals surface area contributed by atoms with Crippen LogP contribution in [0.25, 0.3) is 0 Å². The number of nitrogens with zero attached hydrogens (tertiary/aromatic N) is 3. The highest BCUT2D eigenvalue weighted by Gasteiger charge is 2.51. The maximum Gasteiger partial charge on any atom is 0.223 e. The topological polar surface area (TPSA) is 50.9 Å². The van der Waals surface area contributed by atoms with Gasteiger partial charge < -0.3 is 5.11 Å². The predicted molar refractivity (Wildman–Crippen MR) is 94.7 cm³/mol. The summed E-state index contributed by atoms with van der Waals surface area (Å²) in [4.78, 5) is 3.83. The van der Waals surface area contributed by atoms with Gasteiger partial charge in [-0.05, 0) is 17.7 Å². The molecule has 0 saturated heterocycles. The summed E-state index contributed by atoms with van der Waals surface area (Å²) < 4.78 is -2.41. The van der Waals surface area contributed by atoms with Gasteiger partial charge >= 0.3 is 0 Å². The van der Waals surface area contributed by atoms with E-state index in [2.05, 4.69) is 10.1 Å². The molecule has 0 bridgehead atoms. The Labute approximate surface area is 163 Å². The molecule has 0 aliphatic carbocycles. The lowest BCUT2D eigenvalue weighted by Crippen LogP contribution is -2.43. The molecular weight excluding hydrogens is 427 g/mol. The average Bonchev–Trinajstić information content (AvgIpc) is 2.89. The van der Waals surface area contributed by atoms with Gasteiger partial charge in [0, 0.05) is 11.4 Å². The molecule has 2 aromatic rings. The Morgan fingerprint density at radius 3 is 2.13 bits per heavy atom. The highest BCUT2D eigenvalue weighted by molar-refractivity contribution is 6.75. The minimum Gasteiger partial charge on any atom is -0.383 e. The van der Waals surface area contributed by atoms with Gasteiger partial charge in [-0.2, -0.15) is 5.10 Å². The summed E-state index contributed by atoms with van der Waals surface area (Å²) in [5, 5.41) is 15.7. The molecule has 1 aromatic carbocycles. The lowest BCUT2D eigenvalue weighted by Gasteiger charge is -2.37. The lowest BCUT2D eigenvalue weighted by atomic mass is 9.88. The zero-order chi connectivity index (χ0) is 17.3. The largest absolute Gasteiger partial charge is 0.383 e. The molecule has 0 amide bonds. The fraction of sp³-hybridized carbons (Fsp3) is 0.385. The highest BCUT2D eigenvalue weighted by Crippen LogP contribution is 2.51. The van der Waals surface area contributed by atoms with Crippen LogP contribution in [0.5, 0.6) is 0 Å². The number of hydrogen-bond donors (Lipinski definition) is 1. The van der Waals surface area contributed by atoms with Crippen LogP contribution >= 0.6 is 69.6 Å². The van der Waals surface area contributed by atoms with Crippen LogP contribution in [-0.4, -0.2) is 28.0 Å². The smallest absolute Gasteiger partial charge is 0.223 e. The molecule has 2 rings (SSSR count). The second-order valence-electron chi connectivity index (χ2n) is 5.01. The van der Waals surface area contributed by atoms with Crippen molar-refractivity contribution < 1.29 is 5.11 Å². The predicted octanol–water partition coefficient (Wildman–Crippen LogP) is 4.75. The zero-order valence-corrected chi connectivity index (χ0v) is 16.0. The monoisotopic (exact) mass is 435 g/mol. The molecule has 1 atom stereocenters. The van der Waals surface area contributed by atoms with Gasteiger partial charge in [-0.25, -0.2) is 9.67 Å². The third kappa shape index (κ3) is 4.79. The van der Waals surface area contributed by atoms with Gasteiger partial charge in [0.05, 0.1) is 6.54 Å². The van der Waals surface area contributed by atoms with Gasteiger partial charge in [0.1, 0.15) is 18.3 Å². The van der Waals surface area contributed by atoms with E-state index in [9.17, 15) is 5.11 Å². The molecule has 23 heavy (non-hydrogen) atoms. The number of aromatic nitrogens is 3. The Morgan fingerprint density at radius 2 is 1.65 bits per heavy atom. The van der Waals surface area contributed by atoms with Crippen molar-refractivity contribution in [2.45, 2.75) is 26.7 Å². The molecule has 0 aliphatic rings. The van der Waals surface area contributed by atoms with Crippen LogP contribution < -0.4 is 0 Å². The molecule has 0 saturated carbocycles. The van der Waals surface area contributed by atoms with Crippen molar-refractivity contribution in [1.29, 1.82) is 0 Å². The summed E-state index contributed by atoms with van der Waals surface area (Å²) in [6, 6.07) is 6.54. The van der Waals surface area contributed by atoms with E-state index in [1.54, 1.807) is 24.3 Å². The summed E-state index contributed by atoms with van der Waals surface area (Å²) in [6.07, 6.45) is 2.52. The first-order chi connectivity index (χ1) is 10.5. The quantitative estimate of drug-likeness (QED) is 0.686. The second-order valence-corrected chi connectivity index (χ2v) is 9.21. The van der Waals surface area contributed by atoms with Crippen LogP contribution in [-0.2, 0) is 12.1 Å². The molecule has 1 N–H and O–H groups in total. The summed E-state index contributed by atoms with van der Waals surface area (Å²) in [5.41, 5.74) is -1.07. The molecule has 1 aromatic heterocycles. The first kappa shape index (κ1) is 19.4.